The van der Waals surface area contributed by atoms with Gasteiger partial charge >= 0.3 is 0 Å². The summed E-state index contributed by atoms with van der Waals surface area (Å²) in [5.74, 6) is 0.857. The number of para-hydroxylation sites is 1. The second-order valence-corrected chi connectivity index (χ2v) is 9.03. The highest BCUT2D eigenvalue weighted by molar-refractivity contribution is 7.98. The topological polar surface area (TPSA) is 78.5 Å². The Labute approximate surface area is 202 Å². The number of phenols is 1. The second kappa shape index (κ2) is 9.27. The summed E-state index contributed by atoms with van der Waals surface area (Å²) >= 11 is 1.68. The molecule has 2 N–H and O–H groups in total. The molecule has 0 spiro atoms. The van der Waals surface area contributed by atoms with Crippen molar-refractivity contribution in [2.45, 2.75) is 17.4 Å². The third kappa shape index (κ3) is 3.92. The lowest BCUT2D eigenvalue weighted by Crippen LogP contribution is -2.31. The molecule has 1 amide bonds. The molecule has 3 aromatic carbocycles. The van der Waals surface area contributed by atoms with Gasteiger partial charge < -0.3 is 14.7 Å². The summed E-state index contributed by atoms with van der Waals surface area (Å²) in [5, 5.41) is 17.9. The maximum absolute atomic E-state index is 13.5. The van der Waals surface area contributed by atoms with Crippen LogP contribution in [0.1, 0.15) is 33.2 Å². The molecule has 0 saturated heterocycles. The molecule has 0 aliphatic carbocycles. The van der Waals surface area contributed by atoms with E-state index in [4.69, 9.17) is 4.74 Å². The van der Waals surface area contributed by atoms with Crippen LogP contribution in [0.25, 0.3) is 11.3 Å². The van der Waals surface area contributed by atoms with Crippen LogP contribution < -0.4 is 4.74 Å². The first-order valence-corrected chi connectivity index (χ1v) is 12.3. The number of fused-ring (bicyclic) bond motifs is 1. The molecule has 4 aromatic rings. The Morgan fingerprint density at radius 2 is 1.79 bits per heavy atom. The lowest BCUT2D eigenvalue weighted by atomic mass is 9.95. The molecule has 172 valence electrons. The Morgan fingerprint density at radius 1 is 1.06 bits per heavy atom. The van der Waals surface area contributed by atoms with Crippen molar-refractivity contribution in [2.75, 3.05) is 19.9 Å². The van der Waals surface area contributed by atoms with Gasteiger partial charge in [-0.1, -0.05) is 36.4 Å². The van der Waals surface area contributed by atoms with Gasteiger partial charge in [-0.25, -0.2) is 0 Å². The summed E-state index contributed by atoms with van der Waals surface area (Å²) in [6.07, 6.45) is 2.75. The number of phenolic OH excluding ortho intramolecular Hbond substituents is 1. The molecule has 1 aliphatic heterocycles. The summed E-state index contributed by atoms with van der Waals surface area (Å²) in [7, 11) is 1.65. The monoisotopic (exact) mass is 471 g/mol. The molecular formula is C27H25N3O3S. The molecule has 1 aromatic heterocycles. The van der Waals surface area contributed by atoms with Gasteiger partial charge in [0.1, 0.15) is 22.9 Å². The fourth-order valence-electron chi connectivity index (χ4n) is 4.48. The van der Waals surface area contributed by atoms with Crippen LogP contribution in [-0.2, 0) is 6.42 Å². The highest BCUT2D eigenvalue weighted by Crippen LogP contribution is 2.44. The maximum Gasteiger partial charge on any atom is 0.273 e. The van der Waals surface area contributed by atoms with Gasteiger partial charge in [-0.2, -0.15) is 5.10 Å². The van der Waals surface area contributed by atoms with Crippen LogP contribution >= 0.6 is 11.8 Å². The molecular weight excluding hydrogens is 446 g/mol. The number of H-pyrrole nitrogens is 1. The number of nitrogens with one attached hydrogen (secondary N) is 1. The van der Waals surface area contributed by atoms with Crippen molar-refractivity contribution in [1.82, 2.24) is 15.1 Å². The number of benzene rings is 3. The molecule has 0 saturated carbocycles. The highest BCUT2D eigenvalue weighted by atomic mass is 32.2. The smallest absolute Gasteiger partial charge is 0.273 e. The molecule has 0 unspecified atom stereocenters. The summed E-state index contributed by atoms with van der Waals surface area (Å²) < 4.78 is 5.26. The normalized spacial score (nSPS) is 14.9. The minimum atomic E-state index is -0.301. The summed E-state index contributed by atoms with van der Waals surface area (Å²) in [6, 6.07) is 23.0. The lowest BCUT2D eigenvalue weighted by Gasteiger charge is -2.26. The summed E-state index contributed by atoms with van der Waals surface area (Å²) in [4.78, 5) is 16.6. The van der Waals surface area contributed by atoms with Crippen LogP contribution in [0, 0.1) is 0 Å². The number of hydrogen-bond donors (Lipinski definition) is 2. The maximum atomic E-state index is 13.5. The number of ether oxygens (including phenoxy) is 1. The number of aromatic hydroxyl groups is 1. The number of carbonyl (C=O) groups excluding carboxylic acids is 1. The fraction of sp³-hybridized carbons (Fsp3) is 0.185. The zero-order chi connectivity index (χ0) is 23.7. The van der Waals surface area contributed by atoms with E-state index in [1.54, 1.807) is 31.0 Å². The van der Waals surface area contributed by atoms with Crippen molar-refractivity contribution in [3.05, 3.63) is 95.2 Å². The first kappa shape index (κ1) is 22.1. The number of amides is 1. The predicted octanol–water partition coefficient (Wildman–Crippen LogP) is 5.30. The second-order valence-electron chi connectivity index (χ2n) is 8.15. The van der Waals surface area contributed by atoms with Gasteiger partial charge in [0.15, 0.2) is 0 Å². The van der Waals surface area contributed by atoms with Gasteiger partial charge in [-0.15, -0.1) is 11.8 Å². The van der Waals surface area contributed by atoms with E-state index in [0.717, 1.165) is 27.3 Å². The molecule has 1 aliphatic rings. The minimum Gasteiger partial charge on any atom is -0.507 e. The van der Waals surface area contributed by atoms with E-state index < -0.39 is 0 Å². The molecule has 0 bridgehead atoms. The van der Waals surface area contributed by atoms with Gasteiger partial charge in [0.2, 0.25) is 0 Å². The van der Waals surface area contributed by atoms with Crippen LogP contribution in [0.15, 0.2) is 77.7 Å². The van der Waals surface area contributed by atoms with Crippen molar-refractivity contribution in [3.8, 4) is 22.8 Å². The van der Waals surface area contributed by atoms with Crippen LogP contribution in [0.3, 0.4) is 0 Å². The van der Waals surface area contributed by atoms with E-state index in [9.17, 15) is 9.90 Å². The summed E-state index contributed by atoms with van der Waals surface area (Å²) in [5.41, 5.74) is 4.63. The van der Waals surface area contributed by atoms with E-state index in [1.165, 1.54) is 0 Å². The van der Waals surface area contributed by atoms with Crippen molar-refractivity contribution in [3.63, 3.8) is 0 Å². The fourth-order valence-corrected chi connectivity index (χ4v) is 4.89. The minimum absolute atomic E-state index is 0.0865. The predicted molar refractivity (Wildman–Crippen MR) is 133 cm³/mol. The van der Waals surface area contributed by atoms with E-state index in [2.05, 4.69) is 34.5 Å². The van der Waals surface area contributed by atoms with Gasteiger partial charge in [0, 0.05) is 22.6 Å². The molecule has 0 radical (unpaired) electrons. The van der Waals surface area contributed by atoms with Crippen molar-refractivity contribution >= 4 is 17.7 Å². The van der Waals surface area contributed by atoms with Gasteiger partial charge in [0.05, 0.1) is 13.2 Å². The van der Waals surface area contributed by atoms with Crippen LogP contribution in [0.4, 0.5) is 0 Å². The number of aromatic amines is 1. The van der Waals surface area contributed by atoms with Crippen LogP contribution in [0.2, 0.25) is 0 Å². The Bertz CT molecular complexity index is 1320. The van der Waals surface area contributed by atoms with Gasteiger partial charge in [-0.05, 0) is 60.2 Å². The number of hydrogen-bond acceptors (Lipinski definition) is 5. The quantitative estimate of drug-likeness (QED) is 0.358. The third-order valence-corrected chi connectivity index (χ3v) is 7.00. The third-order valence-electron chi connectivity index (χ3n) is 6.25. The highest BCUT2D eigenvalue weighted by Gasteiger charge is 2.42. The van der Waals surface area contributed by atoms with Crippen molar-refractivity contribution < 1.29 is 14.6 Å². The Morgan fingerprint density at radius 3 is 2.47 bits per heavy atom. The average Bonchev–Trinajstić information content (AvgIpc) is 3.42. The van der Waals surface area contributed by atoms with E-state index in [0.29, 0.717) is 29.9 Å². The molecule has 5 rings (SSSR count). The van der Waals surface area contributed by atoms with Crippen LogP contribution in [-0.4, -0.2) is 46.0 Å². The summed E-state index contributed by atoms with van der Waals surface area (Å²) in [6.45, 7) is 0.544. The number of aromatic nitrogens is 2. The van der Waals surface area contributed by atoms with E-state index in [1.807, 2.05) is 47.6 Å². The van der Waals surface area contributed by atoms with Gasteiger partial charge in [-0.3, -0.25) is 9.89 Å². The molecule has 0 fully saturated rings. The van der Waals surface area contributed by atoms with E-state index >= 15 is 0 Å². The zero-order valence-corrected chi connectivity index (χ0v) is 19.8. The Hall–Kier alpha value is -3.71. The Kier molecular flexibility index (Phi) is 6.02. The molecule has 34 heavy (non-hydrogen) atoms. The number of nitrogens with zero attached hydrogens (tertiary/aromatic N) is 2. The number of rotatable bonds is 7. The number of methoxy groups -OCH3 is 1. The van der Waals surface area contributed by atoms with E-state index in [-0.39, 0.29) is 17.7 Å². The molecule has 1 atom stereocenters. The van der Waals surface area contributed by atoms with Crippen molar-refractivity contribution in [1.29, 1.82) is 0 Å². The number of thioether (sulfide) groups is 1. The largest absolute Gasteiger partial charge is 0.507 e. The van der Waals surface area contributed by atoms with Crippen molar-refractivity contribution in [2.24, 2.45) is 0 Å². The number of carbonyl (C=O) groups is 1. The standard InChI is InChI=1S/C27H25N3O3S/c1-33-19-11-7-17(8-12-19)15-16-30-26(18-9-13-20(34-2)14-10-18)23-24(28-29-25(23)27(30)32)21-5-3-4-6-22(21)31/h3-14,26,31H,15-16H2,1-2H3,(H,28,29)/t26-/m1/s1. The first-order chi connectivity index (χ1) is 16.6. The lowest BCUT2D eigenvalue weighted by molar-refractivity contribution is 0.0746. The zero-order valence-electron chi connectivity index (χ0n) is 19.0. The SMILES string of the molecule is COc1ccc(CCN2C(=O)c3[nH]nc(-c4ccccc4O)c3[C@H]2c2ccc(SC)cc2)cc1. The Balaban J connectivity index is 1.54. The van der Waals surface area contributed by atoms with Crippen LogP contribution in [0.5, 0.6) is 11.5 Å². The first-order valence-electron chi connectivity index (χ1n) is 11.0. The molecule has 2 heterocycles. The average molecular weight is 472 g/mol. The molecule has 6 nitrogen and oxygen atoms in total. The van der Waals surface area contributed by atoms with Gasteiger partial charge in [0.25, 0.3) is 5.91 Å². The molecule has 7 heteroatoms.